The number of anilines is 1. The summed E-state index contributed by atoms with van der Waals surface area (Å²) >= 11 is 0. The van der Waals surface area contributed by atoms with E-state index in [-0.39, 0.29) is 23.5 Å². The molecule has 0 aliphatic heterocycles. The number of phenols is 1. The SMILES string of the molecule is Nc1ccc(C(=O)NCc2ccccc2O)c(F)c1. The molecule has 5 heteroatoms. The first-order valence-electron chi connectivity index (χ1n) is 5.68. The predicted octanol–water partition coefficient (Wildman–Crippen LogP) is 2.04. The van der Waals surface area contributed by atoms with E-state index in [1.807, 2.05) is 0 Å². The van der Waals surface area contributed by atoms with Crippen molar-refractivity contribution in [2.24, 2.45) is 0 Å². The van der Waals surface area contributed by atoms with Crippen LogP contribution in [0.5, 0.6) is 5.75 Å². The van der Waals surface area contributed by atoms with Gasteiger partial charge in [0.25, 0.3) is 5.91 Å². The number of amides is 1. The van der Waals surface area contributed by atoms with Gasteiger partial charge in [0.15, 0.2) is 0 Å². The number of nitrogens with one attached hydrogen (secondary N) is 1. The van der Waals surface area contributed by atoms with Crippen LogP contribution >= 0.6 is 0 Å². The smallest absolute Gasteiger partial charge is 0.254 e. The summed E-state index contributed by atoms with van der Waals surface area (Å²) in [4.78, 5) is 11.8. The molecule has 0 bridgehead atoms. The number of para-hydroxylation sites is 1. The lowest BCUT2D eigenvalue weighted by Gasteiger charge is -2.08. The number of aromatic hydroxyl groups is 1. The number of nitrogens with two attached hydrogens (primary N) is 1. The third-order valence-corrected chi connectivity index (χ3v) is 2.67. The van der Waals surface area contributed by atoms with Crippen molar-refractivity contribution in [2.75, 3.05) is 5.73 Å². The molecule has 0 radical (unpaired) electrons. The molecule has 0 heterocycles. The molecule has 0 saturated carbocycles. The molecular weight excluding hydrogens is 247 g/mol. The summed E-state index contributed by atoms with van der Waals surface area (Å²) < 4.78 is 13.5. The predicted molar refractivity (Wildman–Crippen MR) is 70.1 cm³/mol. The van der Waals surface area contributed by atoms with Crippen molar-refractivity contribution in [2.45, 2.75) is 6.54 Å². The van der Waals surface area contributed by atoms with E-state index in [0.29, 0.717) is 5.56 Å². The van der Waals surface area contributed by atoms with Crippen molar-refractivity contribution in [3.63, 3.8) is 0 Å². The first-order chi connectivity index (χ1) is 9.08. The van der Waals surface area contributed by atoms with Crippen molar-refractivity contribution in [3.05, 3.63) is 59.4 Å². The molecule has 4 N–H and O–H groups in total. The summed E-state index contributed by atoms with van der Waals surface area (Å²) in [5.41, 5.74) is 6.15. The molecule has 0 aliphatic carbocycles. The van der Waals surface area contributed by atoms with Crippen molar-refractivity contribution < 1.29 is 14.3 Å². The molecule has 0 saturated heterocycles. The van der Waals surface area contributed by atoms with E-state index >= 15 is 0 Å². The third-order valence-electron chi connectivity index (χ3n) is 2.67. The van der Waals surface area contributed by atoms with Crippen LogP contribution in [-0.2, 0) is 6.54 Å². The highest BCUT2D eigenvalue weighted by atomic mass is 19.1. The second-order valence-electron chi connectivity index (χ2n) is 4.05. The number of halogens is 1. The molecule has 19 heavy (non-hydrogen) atoms. The molecule has 2 aromatic carbocycles. The summed E-state index contributed by atoms with van der Waals surface area (Å²) in [5.74, 6) is -1.14. The molecular formula is C14H13FN2O2. The third kappa shape index (κ3) is 3.01. The Kier molecular flexibility index (Phi) is 3.66. The van der Waals surface area contributed by atoms with E-state index in [1.165, 1.54) is 18.2 Å². The van der Waals surface area contributed by atoms with Gasteiger partial charge in [0.2, 0.25) is 0 Å². The van der Waals surface area contributed by atoms with Gasteiger partial charge in [-0.15, -0.1) is 0 Å². The summed E-state index contributed by atoms with van der Waals surface area (Å²) in [5, 5.41) is 12.1. The number of benzene rings is 2. The summed E-state index contributed by atoms with van der Waals surface area (Å²) in [7, 11) is 0. The molecule has 4 nitrogen and oxygen atoms in total. The monoisotopic (exact) mass is 260 g/mol. The molecule has 1 amide bonds. The number of phenolic OH excluding ortho intramolecular Hbond substituents is 1. The molecule has 98 valence electrons. The minimum absolute atomic E-state index is 0.0791. The molecule has 0 atom stereocenters. The van der Waals surface area contributed by atoms with Crippen molar-refractivity contribution in [3.8, 4) is 5.75 Å². The summed E-state index contributed by atoms with van der Waals surface area (Å²) in [6.45, 7) is 0.120. The fourth-order valence-corrected chi connectivity index (χ4v) is 1.65. The standard InChI is InChI=1S/C14H13FN2O2/c15-12-7-10(16)5-6-11(12)14(19)17-8-9-3-1-2-4-13(9)18/h1-7,18H,8,16H2,(H,17,19). The van der Waals surface area contributed by atoms with Crippen LogP contribution in [0.1, 0.15) is 15.9 Å². The van der Waals surface area contributed by atoms with Crippen LogP contribution in [0.2, 0.25) is 0 Å². The van der Waals surface area contributed by atoms with Crippen molar-refractivity contribution in [1.29, 1.82) is 0 Å². The summed E-state index contributed by atoms with van der Waals surface area (Å²) in [6, 6.07) is 10.5. The Bertz CT molecular complexity index is 614. The van der Waals surface area contributed by atoms with Crippen LogP contribution < -0.4 is 11.1 Å². The van der Waals surface area contributed by atoms with Crippen molar-refractivity contribution >= 4 is 11.6 Å². The van der Waals surface area contributed by atoms with Crippen molar-refractivity contribution in [1.82, 2.24) is 5.32 Å². The quantitative estimate of drug-likeness (QED) is 0.739. The van der Waals surface area contributed by atoms with Gasteiger partial charge in [-0.3, -0.25) is 4.79 Å². The lowest BCUT2D eigenvalue weighted by Crippen LogP contribution is -2.23. The Balaban J connectivity index is 2.08. The lowest BCUT2D eigenvalue weighted by atomic mass is 10.1. The van der Waals surface area contributed by atoms with Crippen LogP contribution in [0.3, 0.4) is 0 Å². The second-order valence-corrected chi connectivity index (χ2v) is 4.05. The molecule has 0 aromatic heterocycles. The van der Waals surface area contributed by atoms with Gasteiger partial charge >= 0.3 is 0 Å². The van der Waals surface area contributed by atoms with Crippen LogP contribution in [-0.4, -0.2) is 11.0 Å². The minimum Gasteiger partial charge on any atom is -0.508 e. The maximum atomic E-state index is 13.5. The van der Waals surface area contributed by atoms with E-state index in [9.17, 15) is 14.3 Å². The second kappa shape index (κ2) is 5.39. The first-order valence-corrected chi connectivity index (χ1v) is 5.68. The largest absolute Gasteiger partial charge is 0.508 e. The normalized spacial score (nSPS) is 10.2. The lowest BCUT2D eigenvalue weighted by molar-refractivity contribution is 0.0947. The number of rotatable bonds is 3. The Labute approximate surface area is 109 Å². The van der Waals surface area contributed by atoms with Gasteiger partial charge in [-0.1, -0.05) is 18.2 Å². The van der Waals surface area contributed by atoms with E-state index in [2.05, 4.69) is 5.32 Å². The van der Waals surface area contributed by atoms with E-state index in [4.69, 9.17) is 5.73 Å². The van der Waals surface area contributed by atoms with Crippen LogP contribution in [0.15, 0.2) is 42.5 Å². The Hall–Kier alpha value is -2.56. The maximum absolute atomic E-state index is 13.5. The minimum atomic E-state index is -0.671. The zero-order valence-corrected chi connectivity index (χ0v) is 10.1. The highest BCUT2D eigenvalue weighted by Gasteiger charge is 2.12. The fourth-order valence-electron chi connectivity index (χ4n) is 1.65. The number of nitrogen functional groups attached to an aromatic ring is 1. The van der Waals surface area contributed by atoms with Crippen LogP contribution in [0, 0.1) is 5.82 Å². The summed E-state index contributed by atoms with van der Waals surface area (Å²) in [6.07, 6.45) is 0. The average Bonchev–Trinajstić information content (AvgIpc) is 2.37. The molecule has 0 spiro atoms. The number of carbonyl (C=O) groups excluding carboxylic acids is 1. The Morgan fingerprint density at radius 2 is 2.00 bits per heavy atom. The number of carbonyl (C=O) groups is 1. The van der Waals surface area contributed by atoms with E-state index in [0.717, 1.165) is 6.07 Å². The fraction of sp³-hybridized carbons (Fsp3) is 0.0714. The average molecular weight is 260 g/mol. The Morgan fingerprint density at radius 3 is 2.68 bits per heavy atom. The van der Waals surface area contributed by atoms with Gasteiger partial charge in [-0.2, -0.15) is 0 Å². The number of hydrogen-bond donors (Lipinski definition) is 3. The van der Waals surface area contributed by atoms with Gasteiger partial charge in [-0.25, -0.2) is 4.39 Å². The number of hydrogen-bond acceptors (Lipinski definition) is 3. The van der Waals surface area contributed by atoms with Gasteiger partial charge in [0.05, 0.1) is 5.56 Å². The van der Waals surface area contributed by atoms with E-state index in [1.54, 1.807) is 18.2 Å². The Morgan fingerprint density at radius 1 is 1.26 bits per heavy atom. The van der Waals surface area contributed by atoms with Gasteiger partial charge in [0.1, 0.15) is 11.6 Å². The first kappa shape index (κ1) is 12.9. The molecule has 0 aliphatic rings. The molecule has 0 unspecified atom stereocenters. The zero-order valence-electron chi connectivity index (χ0n) is 10.1. The highest BCUT2D eigenvalue weighted by Crippen LogP contribution is 2.16. The van der Waals surface area contributed by atoms with Crippen LogP contribution in [0.4, 0.5) is 10.1 Å². The molecule has 0 fully saturated rings. The van der Waals surface area contributed by atoms with Gasteiger partial charge in [0, 0.05) is 17.8 Å². The zero-order chi connectivity index (χ0) is 13.8. The van der Waals surface area contributed by atoms with Crippen LogP contribution in [0.25, 0.3) is 0 Å². The molecule has 2 aromatic rings. The van der Waals surface area contributed by atoms with E-state index < -0.39 is 11.7 Å². The van der Waals surface area contributed by atoms with Gasteiger partial charge < -0.3 is 16.2 Å². The maximum Gasteiger partial charge on any atom is 0.254 e. The van der Waals surface area contributed by atoms with Gasteiger partial charge in [-0.05, 0) is 24.3 Å². The topological polar surface area (TPSA) is 75.4 Å². The molecule has 2 rings (SSSR count). The highest BCUT2D eigenvalue weighted by molar-refractivity contribution is 5.94.